The van der Waals surface area contributed by atoms with Crippen molar-refractivity contribution in [3.05, 3.63) is 54.3 Å². The molecule has 0 aromatic heterocycles. The highest BCUT2D eigenvalue weighted by Gasteiger charge is 2.25. The summed E-state index contributed by atoms with van der Waals surface area (Å²) in [5.74, 6) is 1.74. The molecule has 194 valence electrons. The molecule has 0 bridgehead atoms. The number of likely N-dealkylation sites (N-methyl/N-ethyl adjacent to an activating group) is 1. The molecule has 2 aromatic rings. The quantitative estimate of drug-likeness (QED) is 0.207. The lowest BCUT2D eigenvalue weighted by molar-refractivity contribution is -0.570. The third kappa shape index (κ3) is 7.08. The number of aliphatic imine (C=N–C) groups is 1. The summed E-state index contributed by atoms with van der Waals surface area (Å²) in [5.41, 5.74) is 3.13. The number of quaternary nitrogens is 1. The van der Waals surface area contributed by atoms with Crippen molar-refractivity contribution in [3.63, 3.8) is 0 Å². The van der Waals surface area contributed by atoms with Crippen molar-refractivity contribution in [2.45, 2.75) is 90.0 Å². The number of benzene rings is 2. The average molecular weight is 489 g/mol. The minimum atomic E-state index is 0.234. The Balaban J connectivity index is 1.27. The molecular formula is C32H46N3O+. The fourth-order valence-corrected chi connectivity index (χ4v) is 5.27. The first-order valence-electron chi connectivity index (χ1n) is 14.4. The van der Waals surface area contributed by atoms with Crippen LogP contribution in [0.15, 0.2) is 59.3 Å². The van der Waals surface area contributed by atoms with Gasteiger partial charge in [0.05, 0.1) is 6.54 Å². The minimum absolute atomic E-state index is 0.234. The van der Waals surface area contributed by atoms with E-state index in [1.165, 1.54) is 93.5 Å². The molecule has 36 heavy (non-hydrogen) atoms. The molecule has 0 saturated heterocycles. The molecular weight excluding hydrogens is 442 g/mol. The molecule has 0 saturated carbocycles. The number of hydrogen-bond donors (Lipinski definition) is 1. The van der Waals surface area contributed by atoms with Gasteiger partial charge in [0.1, 0.15) is 17.1 Å². The SMILES string of the molecule is CCCCCCCCCCCCCC[NH2+]c1cc2c(c3ccccc13)N=C1C=CC(N(C)C)C=C1O2. The van der Waals surface area contributed by atoms with Gasteiger partial charge in [0.2, 0.25) is 0 Å². The van der Waals surface area contributed by atoms with Crippen LogP contribution >= 0.6 is 0 Å². The van der Waals surface area contributed by atoms with Crippen LogP contribution in [-0.2, 0) is 0 Å². The van der Waals surface area contributed by atoms with E-state index in [0.717, 1.165) is 29.5 Å². The number of rotatable bonds is 15. The number of nitrogens with two attached hydrogens (primary N) is 1. The number of ether oxygens (including phenoxy) is 1. The zero-order valence-corrected chi connectivity index (χ0v) is 22.8. The van der Waals surface area contributed by atoms with E-state index in [4.69, 9.17) is 9.73 Å². The molecule has 0 amide bonds. The normalized spacial score (nSPS) is 16.5. The predicted molar refractivity (Wildman–Crippen MR) is 154 cm³/mol. The Kier molecular flexibility index (Phi) is 10.2. The van der Waals surface area contributed by atoms with Crippen molar-refractivity contribution < 1.29 is 10.1 Å². The number of allylic oxidation sites excluding steroid dienone is 1. The second-order valence-corrected chi connectivity index (χ2v) is 10.7. The van der Waals surface area contributed by atoms with Gasteiger partial charge in [-0.1, -0.05) is 95.4 Å². The van der Waals surface area contributed by atoms with Gasteiger partial charge in [-0.25, -0.2) is 4.99 Å². The monoisotopic (exact) mass is 488 g/mol. The van der Waals surface area contributed by atoms with Crippen LogP contribution in [0, 0.1) is 0 Å². The van der Waals surface area contributed by atoms with Gasteiger partial charge in [-0.2, -0.15) is 0 Å². The summed E-state index contributed by atoms with van der Waals surface area (Å²) in [7, 11) is 4.17. The van der Waals surface area contributed by atoms with Crippen molar-refractivity contribution in [1.29, 1.82) is 0 Å². The Bertz CT molecular complexity index is 1080. The Labute approximate surface area is 218 Å². The predicted octanol–water partition coefficient (Wildman–Crippen LogP) is 7.58. The highest BCUT2D eigenvalue weighted by atomic mass is 16.5. The standard InChI is InChI=1S/C32H45N3O/c1-4-5-6-7-8-9-10-11-12-13-14-17-22-33-29-24-31-32(27-19-16-15-18-26(27)29)34-28-21-20-25(35(2)3)23-30(28)36-31/h15-16,18-21,23-25,33H,4-14,17,22H2,1-3H3/p+1. The highest BCUT2D eigenvalue weighted by molar-refractivity contribution is 6.14. The summed E-state index contributed by atoms with van der Waals surface area (Å²) in [6.45, 7) is 3.40. The van der Waals surface area contributed by atoms with Gasteiger partial charge in [0, 0.05) is 22.9 Å². The Morgan fingerprint density at radius 2 is 1.50 bits per heavy atom. The van der Waals surface area contributed by atoms with Crippen molar-refractivity contribution in [1.82, 2.24) is 4.90 Å². The van der Waals surface area contributed by atoms with Crippen LogP contribution in [0.1, 0.15) is 84.0 Å². The van der Waals surface area contributed by atoms with Crippen LogP contribution in [-0.4, -0.2) is 37.3 Å². The summed E-state index contributed by atoms with van der Waals surface area (Å²) >= 11 is 0. The molecule has 1 heterocycles. The lowest BCUT2D eigenvalue weighted by Gasteiger charge is -2.26. The van der Waals surface area contributed by atoms with Crippen molar-refractivity contribution in [3.8, 4) is 5.75 Å². The maximum Gasteiger partial charge on any atom is 0.159 e. The first-order valence-corrected chi connectivity index (χ1v) is 14.4. The lowest BCUT2D eigenvalue weighted by atomic mass is 10.0. The molecule has 4 rings (SSSR count). The van der Waals surface area contributed by atoms with Crippen LogP contribution in [0.5, 0.6) is 5.75 Å². The topological polar surface area (TPSA) is 41.4 Å². The highest BCUT2D eigenvalue weighted by Crippen LogP contribution is 2.43. The third-order valence-electron chi connectivity index (χ3n) is 7.51. The van der Waals surface area contributed by atoms with E-state index < -0.39 is 0 Å². The van der Waals surface area contributed by atoms with Crippen LogP contribution in [0.2, 0.25) is 0 Å². The third-order valence-corrected chi connectivity index (χ3v) is 7.51. The smallest absolute Gasteiger partial charge is 0.159 e. The van der Waals surface area contributed by atoms with Gasteiger partial charge in [-0.05, 0) is 45.2 Å². The molecule has 4 heteroatoms. The first kappa shape index (κ1) is 26.6. The zero-order valence-electron chi connectivity index (χ0n) is 22.8. The summed E-state index contributed by atoms with van der Waals surface area (Å²) in [6, 6.07) is 11.0. The van der Waals surface area contributed by atoms with Crippen LogP contribution in [0.4, 0.5) is 11.4 Å². The van der Waals surface area contributed by atoms with E-state index in [-0.39, 0.29) is 6.04 Å². The molecule has 1 atom stereocenters. The summed E-state index contributed by atoms with van der Waals surface area (Å²) in [4.78, 5) is 7.18. The van der Waals surface area contributed by atoms with Crippen molar-refractivity contribution in [2.75, 3.05) is 20.6 Å². The first-order chi connectivity index (χ1) is 17.7. The maximum absolute atomic E-state index is 6.42. The number of unbranched alkanes of at least 4 members (excludes halogenated alkanes) is 11. The van der Waals surface area contributed by atoms with Gasteiger partial charge in [0.15, 0.2) is 11.5 Å². The van der Waals surface area contributed by atoms with Crippen LogP contribution < -0.4 is 10.1 Å². The van der Waals surface area contributed by atoms with E-state index in [0.29, 0.717) is 0 Å². The molecule has 0 radical (unpaired) electrons. The van der Waals surface area contributed by atoms with Gasteiger partial charge < -0.3 is 10.1 Å². The summed E-state index contributed by atoms with van der Waals surface area (Å²) in [5, 5.41) is 4.84. The van der Waals surface area contributed by atoms with E-state index in [1.54, 1.807) is 0 Å². The molecule has 0 spiro atoms. The fraction of sp³-hybridized carbons (Fsp3) is 0.531. The molecule has 2 N–H and O–H groups in total. The second kappa shape index (κ2) is 13.8. The largest absolute Gasteiger partial charge is 0.453 e. The summed E-state index contributed by atoms with van der Waals surface area (Å²) < 4.78 is 6.42. The Hall–Kier alpha value is -2.43. The van der Waals surface area contributed by atoms with E-state index >= 15 is 0 Å². The molecule has 2 aliphatic rings. The van der Waals surface area contributed by atoms with E-state index in [2.05, 4.69) is 79.8 Å². The van der Waals surface area contributed by atoms with Crippen molar-refractivity contribution in [2.24, 2.45) is 4.99 Å². The maximum atomic E-state index is 6.42. The number of nitrogens with zero attached hydrogens (tertiary/aromatic N) is 2. The van der Waals surface area contributed by atoms with Crippen LogP contribution in [0.25, 0.3) is 10.8 Å². The zero-order chi connectivity index (χ0) is 25.2. The molecule has 1 unspecified atom stereocenters. The molecule has 4 nitrogen and oxygen atoms in total. The van der Waals surface area contributed by atoms with Gasteiger partial charge in [-0.3, -0.25) is 4.90 Å². The second-order valence-electron chi connectivity index (χ2n) is 10.7. The van der Waals surface area contributed by atoms with Gasteiger partial charge >= 0.3 is 0 Å². The molecule has 1 aliphatic carbocycles. The van der Waals surface area contributed by atoms with Crippen molar-refractivity contribution >= 4 is 27.9 Å². The lowest BCUT2D eigenvalue weighted by Crippen LogP contribution is -2.78. The Morgan fingerprint density at radius 1 is 0.861 bits per heavy atom. The van der Waals surface area contributed by atoms with E-state index in [1.807, 2.05) is 0 Å². The fourth-order valence-electron chi connectivity index (χ4n) is 5.27. The van der Waals surface area contributed by atoms with Gasteiger partial charge in [-0.15, -0.1) is 0 Å². The van der Waals surface area contributed by atoms with Gasteiger partial charge in [0.25, 0.3) is 0 Å². The Morgan fingerprint density at radius 3 is 2.17 bits per heavy atom. The molecule has 2 aromatic carbocycles. The molecule has 0 fully saturated rings. The average Bonchev–Trinajstić information content (AvgIpc) is 2.90. The summed E-state index contributed by atoms with van der Waals surface area (Å²) in [6.07, 6.45) is 23.1. The number of hydrogen-bond acceptors (Lipinski definition) is 3. The number of fused-ring (bicyclic) bond motifs is 4. The molecule has 1 aliphatic heterocycles. The van der Waals surface area contributed by atoms with E-state index in [9.17, 15) is 0 Å². The van der Waals surface area contributed by atoms with Crippen LogP contribution in [0.3, 0.4) is 0 Å². The minimum Gasteiger partial charge on any atom is -0.453 e.